The summed E-state index contributed by atoms with van der Waals surface area (Å²) in [7, 11) is 0. The van der Waals surface area contributed by atoms with E-state index in [1.165, 1.54) is 15.8 Å². The summed E-state index contributed by atoms with van der Waals surface area (Å²) in [6.45, 7) is 0. The first-order valence-corrected chi connectivity index (χ1v) is 21.8. The van der Waals surface area contributed by atoms with E-state index < -0.39 is 5.41 Å². The van der Waals surface area contributed by atoms with Gasteiger partial charge in [-0.15, -0.1) is 11.3 Å². The van der Waals surface area contributed by atoms with Crippen molar-refractivity contribution in [2.75, 3.05) is 0 Å². The maximum absolute atomic E-state index is 6.68. The molecule has 7 heteroatoms. The summed E-state index contributed by atoms with van der Waals surface area (Å²) >= 11 is 1.74. The third-order valence-corrected chi connectivity index (χ3v) is 13.6. The van der Waals surface area contributed by atoms with Gasteiger partial charge in [-0.2, -0.15) is 0 Å². The first-order chi connectivity index (χ1) is 31.2. The number of rotatable bonds is 5. The summed E-state index contributed by atoms with van der Waals surface area (Å²) in [5, 5.41) is 1.13. The summed E-state index contributed by atoms with van der Waals surface area (Å²) in [4.78, 5) is 25.9. The molecule has 0 fully saturated rings. The van der Waals surface area contributed by atoms with E-state index in [-0.39, 0.29) is 0 Å². The number of hydrogen-bond acceptors (Lipinski definition) is 7. The minimum atomic E-state index is -0.662. The molecule has 3 aromatic heterocycles. The van der Waals surface area contributed by atoms with Crippen molar-refractivity contribution in [2.45, 2.75) is 5.41 Å². The Hall–Kier alpha value is -8.13. The van der Waals surface area contributed by atoms with Gasteiger partial charge in [-0.25, -0.2) is 24.9 Å². The van der Waals surface area contributed by atoms with Crippen LogP contribution in [-0.2, 0) is 5.41 Å². The highest BCUT2D eigenvalue weighted by molar-refractivity contribution is 7.26. The van der Waals surface area contributed by atoms with Crippen LogP contribution in [0.15, 0.2) is 200 Å². The van der Waals surface area contributed by atoms with Crippen molar-refractivity contribution in [1.82, 2.24) is 24.9 Å². The zero-order chi connectivity index (χ0) is 41.5. The molecule has 0 unspecified atom stereocenters. The van der Waals surface area contributed by atoms with Gasteiger partial charge in [-0.1, -0.05) is 170 Å². The second-order valence-electron chi connectivity index (χ2n) is 15.9. The minimum absolute atomic E-state index is 0.604. The lowest BCUT2D eigenvalue weighted by Crippen LogP contribution is -2.32. The van der Waals surface area contributed by atoms with E-state index in [4.69, 9.17) is 29.7 Å². The Morgan fingerprint density at radius 1 is 0.365 bits per heavy atom. The van der Waals surface area contributed by atoms with E-state index in [9.17, 15) is 0 Å². The summed E-state index contributed by atoms with van der Waals surface area (Å²) in [6.07, 6.45) is 0. The van der Waals surface area contributed by atoms with Crippen molar-refractivity contribution in [1.29, 1.82) is 0 Å². The lowest BCUT2D eigenvalue weighted by molar-refractivity contribution is 0.436. The van der Waals surface area contributed by atoms with E-state index in [2.05, 4.69) is 121 Å². The van der Waals surface area contributed by atoms with Crippen molar-refractivity contribution >= 4 is 31.6 Å². The number of benzene rings is 8. The molecule has 1 spiro atoms. The van der Waals surface area contributed by atoms with E-state index in [1.54, 1.807) is 11.3 Å². The second-order valence-corrected chi connectivity index (χ2v) is 17.0. The number of fused-ring (bicyclic) bond motifs is 12. The quantitative estimate of drug-likeness (QED) is 0.172. The Morgan fingerprint density at radius 3 is 1.41 bits per heavy atom. The number of para-hydroxylation sites is 2. The van der Waals surface area contributed by atoms with E-state index in [0.717, 1.165) is 82.9 Å². The van der Waals surface area contributed by atoms with Crippen molar-refractivity contribution < 1.29 is 4.74 Å². The lowest BCUT2D eigenvalue weighted by Gasteiger charge is -2.39. The standard InChI is InChI=1S/C56H33N5OS/c1-4-16-34(17-5-1)52-57-49(51-50(58-52)39-22-10-15-27-48(39)63-51)37-28-30-42-40(32-37)41-33-38(55-60-53(35-18-6-2-7-19-35)59-54(61-55)36-20-8-3-9-21-36)29-31-43(41)56(42)44-23-11-13-25-46(44)62-47-26-14-12-24-45(47)56/h1-33H. The monoisotopic (exact) mass is 823 g/mol. The van der Waals surface area contributed by atoms with Gasteiger partial charge in [-0.05, 0) is 52.6 Å². The van der Waals surface area contributed by atoms with Crippen LogP contribution in [0.5, 0.6) is 11.5 Å². The van der Waals surface area contributed by atoms with Gasteiger partial charge in [-0.3, -0.25) is 0 Å². The molecule has 63 heavy (non-hydrogen) atoms. The highest BCUT2D eigenvalue weighted by Gasteiger charge is 2.51. The predicted octanol–water partition coefficient (Wildman–Crippen LogP) is 13.8. The van der Waals surface area contributed by atoms with Crippen LogP contribution < -0.4 is 4.74 Å². The molecule has 1 aliphatic heterocycles. The summed E-state index contributed by atoms with van der Waals surface area (Å²) in [5.41, 5.74) is 12.7. The number of thiophene rings is 1. The van der Waals surface area contributed by atoms with Crippen LogP contribution in [0.3, 0.4) is 0 Å². The molecule has 0 N–H and O–H groups in total. The SMILES string of the molecule is c1ccc(-c2nc(-c3ccccc3)nc(-c3ccc4c(c3)-c3cc(-c5nc(-c6ccccc6)nc6c5sc5ccccc56)ccc3C43c4ccccc4Oc4ccccc43)n2)cc1. The van der Waals surface area contributed by atoms with Gasteiger partial charge >= 0.3 is 0 Å². The first kappa shape index (κ1) is 35.6. The average Bonchev–Trinajstić information content (AvgIpc) is 3.88. The van der Waals surface area contributed by atoms with Gasteiger partial charge in [0, 0.05) is 49.0 Å². The summed E-state index contributed by atoms with van der Waals surface area (Å²) in [6, 6.07) is 69.6. The molecule has 0 atom stereocenters. The van der Waals surface area contributed by atoms with Gasteiger partial charge < -0.3 is 4.74 Å². The summed E-state index contributed by atoms with van der Waals surface area (Å²) in [5.74, 6) is 4.24. The molecule has 0 saturated carbocycles. The molecule has 6 nitrogen and oxygen atoms in total. The Morgan fingerprint density at radius 2 is 0.825 bits per heavy atom. The minimum Gasteiger partial charge on any atom is -0.457 e. The zero-order valence-corrected chi connectivity index (χ0v) is 34.4. The summed E-state index contributed by atoms with van der Waals surface area (Å²) < 4.78 is 8.92. The number of ether oxygens (including phenoxy) is 1. The van der Waals surface area contributed by atoms with Gasteiger partial charge in [0.2, 0.25) is 0 Å². The van der Waals surface area contributed by atoms with Crippen LogP contribution in [0, 0.1) is 0 Å². The molecule has 0 radical (unpaired) electrons. The smallest absolute Gasteiger partial charge is 0.164 e. The van der Waals surface area contributed by atoms with Crippen LogP contribution in [0.1, 0.15) is 22.3 Å². The maximum atomic E-state index is 6.68. The molecule has 0 bridgehead atoms. The fourth-order valence-corrected chi connectivity index (χ4v) is 10.8. The van der Waals surface area contributed by atoms with Crippen LogP contribution in [0.25, 0.3) is 88.2 Å². The zero-order valence-electron chi connectivity index (χ0n) is 33.6. The molecule has 8 aromatic carbocycles. The van der Waals surface area contributed by atoms with Crippen LogP contribution in [0.4, 0.5) is 0 Å². The largest absolute Gasteiger partial charge is 0.457 e. The highest BCUT2D eigenvalue weighted by Crippen LogP contribution is 2.62. The molecule has 1 aliphatic carbocycles. The fraction of sp³-hybridized carbons (Fsp3) is 0.0179. The molecular weight excluding hydrogens is 791 g/mol. The first-order valence-electron chi connectivity index (χ1n) is 21.0. The molecule has 11 aromatic rings. The number of hydrogen-bond donors (Lipinski definition) is 0. The maximum Gasteiger partial charge on any atom is 0.164 e. The van der Waals surface area contributed by atoms with Crippen molar-refractivity contribution in [2.24, 2.45) is 0 Å². The van der Waals surface area contributed by atoms with Crippen molar-refractivity contribution in [3.05, 3.63) is 222 Å². The van der Waals surface area contributed by atoms with E-state index in [1.807, 2.05) is 78.9 Å². The van der Waals surface area contributed by atoms with Crippen LogP contribution >= 0.6 is 11.3 Å². The Bertz CT molecular complexity index is 3500. The van der Waals surface area contributed by atoms with Gasteiger partial charge in [0.05, 0.1) is 21.3 Å². The van der Waals surface area contributed by atoms with Gasteiger partial charge in [0.1, 0.15) is 11.5 Å². The second kappa shape index (κ2) is 14.0. The predicted molar refractivity (Wildman–Crippen MR) is 253 cm³/mol. The highest BCUT2D eigenvalue weighted by atomic mass is 32.1. The van der Waals surface area contributed by atoms with E-state index in [0.29, 0.717) is 23.3 Å². The third kappa shape index (κ3) is 5.46. The third-order valence-electron chi connectivity index (χ3n) is 12.4. The van der Waals surface area contributed by atoms with Crippen molar-refractivity contribution in [3.63, 3.8) is 0 Å². The molecular formula is C56H33N5OS. The van der Waals surface area contributed by atoms with E-state index >= 15 is 0 Å². The normalized spacial score (nSPS) is 13.0. The number of aromatic nitrogens is 5. The molecule has 294 valence electrons. The molecule has 0 saturated heterocycles. The molecule has 0 amide bonds. The van der Waals surface area contributed by atoms with Gasteiger partial charge in [0.15, 0.2) is 23.3 Å². The Labute approximate surface area is 366 Å². The molecule has 4 heterocycles. The Balaban J connectivity index is 1.09. The number of nitrogens with zero attached hydrogens (tertiary/aromatic N) is 5. The average molecular weight is 824 g/mol. The topological polar surface area (TPSA) is 73.7 Å². The van der Waals surface area contributed by atoms with Crippen molar-refractivity contribution in [3.8, 4) is 79.4 Å². The lowest BCUT2D eigenvalue weighted by atomic mass is 9.66. The molecule has 13 rings (SSSR count). The van der Waals surface area contributed by atoms with Crippen LogP contribution in [-0.4, -0.2) is 24.9 Å². The fourth-order valence-electron chi connectivity index (χ4n) is 9.64. The Kier molecular flexibility index (Phi) is 7.89. The van der Waals surface area contributed by atoms with Gasteiger partial charge in [0.25, 0.3) is 0 Å². The molecule has 2 aliphatic rings. The van der Waals surface area contributed by atoms with Crippen LogP contribution in [0.2, 0.25) is 0 Å².